The molecule has 0 aliphatic rings. The van der Waals surface area contributed by atoms with Crippen molar-refractivity contribution in [2.45, 2.75) is 0 Å². The van der Waals surface area contributed by atoms with Crippen molar-refractivity contribution >= 4 is 71.7 Å². The lowest BCUT2D eigenvalue weighted by Crippen LogP contribution is -2.11. The van der Waals surface area contributed by atoms with Crippen LogP contribution < -0.4 is 4.90 Å². The summed E-state index contributed by atoms with van der Waals surface area (Å²) in [7, 11) is 0. The Morgan fingerprint density at radius 1 is 0.327 bits per heavy atom. The number of furan rings is 2. The normalized spacial score (nSPS) is 11.7. The molecule has 2 heterocycles. The molecule has 2 aromatic heterocycles. The second kappa shape index (κ2) is 11.0. The molecular weight excluding hydrogens is 599 g/mol. The van der Waals surface area contributed by atoms with E-state index >= 15 is 0 Å². The zero-order valence-corrected chi connectivity index (χ0v) is 26.5. The predicted molar refractivity (Wildman–Crippen MR) is 204 cm³/mol. The molecule has 0 fully saturated rings. The maximum atomic E-state index is 6.77. The topological polar surface area (TPSA) is 29.5 Å². The van der Waals surface area contributed by atoms with E-state index in [0.717, 1.165) is 82.8 Å². The first-order valence-corrected chi connectivity index (χ1v) is 16.6. The molecule has 0 saturated heterocycles. The van der Waals surface area contributed by atoms with Crippen molar-refractivity contribution in [1.29, 1.82) is 0 Å². The monoisotopic (exact) mass is 627 g/mol. The van der Waals surface area contributed by atoms with Crippen molar-refractivity contribution in [3.8, 4) is 22.3 Å². The number of para-hydroxylation sites is 2. The molecule has 10 rings (SSSR count). The fourth-order valence-corrected chi connectivity index (χ4v) is 7.48. The highest BCUT2D eigenvalue weighted by Crippen LogP contribution is 2.49. The highest BCUT2D eigenvalue weighted by Gasteiger charge is 2.24. The maximum absolute atomic E-state index is 6.77. The molecule has 0 spiro atoms. The standard InChI is InChI=1S/C46H29NO2/c1-3-13-30(14-4-1)31-23-25-33(26-24-31)47(38-21-11-9-17-34(38)32-15-5-2-6-16-32)39-29-43-44(36-19-8-7-18-35(36)39)46-42(49-43)28-27-41-45(46)37-20-10-12-22-40(37)48-41/h1-29H. The highest BCUT2D eigenvalue weighted by molar-refractivity contribution is 6.32. The summed E-state index contributed by atoms with van der Waals surface area (Å²) < 4.78 is 13.1. The Morgan fingerprint density at radius 3 is 1.65 bits per heavy atom. The van der Waals surface area contributed by atoms with Crippen LogP contribution in [-0.4, -0.2) is 0 Å². The minimum absolute atomic E-state index is 0.838. The summed E-state index contributed by atoms with van der Waals surface area (Å²) in [5.41, 5.74) is 11.3. The van der Waals surface area contributed by atoms with Crippen LogP contribution in [0.15, 0.2) is 185 Å². The van der Waals surface area contributed by atoms with E-state index in [1.165, 1.54) is 11.1 Å². The molecule has 0 saturated carbocycles. The Hall–Kier alpha value is -6.58. The molecule has 3 heteroatoms. The first kappa shape index (κ1) is 27.5. The molecule has 0 radical (unpaired) electrons. The second-order valence-electron chi connectivity index (χ2n) is 12.5. The van der Waals surface area contributed by atoms with Crippen molar-refractivity contribution in [2.24, 2.45) is 0 Å². The lowest BCUT2D eigenvalue weighted by atomic mass is 9.97. The van der Waals surface area contributed by atoms with Crippen LogP contribution in [0.3, 0.4) is 0 Å². The molecule has 49 heavy (non-hydrogen) atoms. The van der Waals surface area contributed by atoms with Gasteiger partial charge in [0.15, 0.2) is 0 Å². The Balaban J connectivity index is 1.28. The van der Waals surface area contributed by atoms with Gasteiger partial charge in [-0.3, -0.25) is 0 Å². The smallest absolute Gasteiger partial charge is 0.138 e. The molecule has 0 unspecified atom stereocenters. The van der Waals surface area contributed by atoms with Gasteiger partial charge in [0.25, 0.3) is 0 Å². The maximum Gasteiger partial charge on any atom is 0.138 e. The van der Waals surface area contributed by atoms with Gasteiger partial charge in [-0.15, -0.1) is 0 Å². The number of nitrogens with zero attached hydrogens (tertiary/aromatic N) is 1. The van der Waals surface area contributed by atoms with E-state index in [-0.39, 0.29) is 0 Å². The number of hydrogen-bond acceptors (Lipinski definition) is 3. The molecule has 10 aromatic rings. The summed E-state index contributed by atoms with van der Waals surface area (Å²) in [5, 5.41) is 6.64. The van der Waals surface area contributed by atoms with E-state index in [4.69, 9.17) is 8.83 Å². The predicted octanol–water partition coefficient (Wildman–Crippen LogP) is 13.4. The van der Waals surface area contributed by atoms with Gasteiger partial charge in [-0.25, -0.2) is 0 Å². The van der Waals surface area contributed by atoms with Crippen molar-refractivity contribution in [2.75, 3.05) is 4.90 Å². The van der Waals surface area contributed by atoms with Gasteiger partial charge in [-0.1, -0.05) is 133 Å². The Bertz CT molecular complexity index is 2810. The zero-order valence-electron chi connectivity index (χ0n) is 26.5. The van der Waals surface area contributed by atoms with Gasteiger partial charge in [0.1, 0.15) is 22.3 Å². The van der Waals surface area contributed by atoms with E-state index in [2.05, 4.69) is 157 Å². The molecule has 3 nitrogen and oxygen atoms in total. The van der Waals surface area contributed by atoms with Crippen LogP contribution in [0.5, 0.6) is 0 Å². The molecule has 0 amide bonds. The molecule has 0 N–H and O–H groups in total. The molecule has 230 valence electrons. The van der Waals surface area contributed by atoms with Gasteiger partial charge in [-0.2, -0.15) is 0 Å². The van der Waals surface area contributed by atoms with E-state index in [1.807, 2.05) is 24.3 Å². The fraction of sp³-hybridized carbons (Fsp3) is 0. The van der Waals surface area contributed by atoms with Gasteiger partial charge in [-0.05, 0) is 58.5 Å². The van der Waals surface area contributed by atoms with Crippen LogP contribution in [0.25, 0.3) is 76.9 Å². The largest absolute Gasteiger partial charge is 0.456 e. The summed E-state index contributed by atoms with van der Waals surface area (Å²) in [6.45, 7) is 0. The summed E-state index contributed by atoms with van der Waals surface area (Å²) in [6, 6.07) is 61.9. The third-order valence-corrected chi connectivity index (χ3v) is 9.66. The first-order chi connectivity index (χ1) is 24.3. The SMILES string of the molecule is c1ccc(-c2ccc(N(c3ccccc3-c3ccccc3)c3cc4oc5ccc6oc7ccccc7c6c5c4c4ccccc34)cc2)cc1. The lowest BCUT2D eigenvalue weighted by Gasteiger charge is -2.29. The minimum atomic E-state index is 0.838. The summed E-state index contributed by atoms with van der Waals surface area (Å²) >= 11 is 0. The van der Waals surface area contributed by atoms with Gasteiger partial charge in [0.05, 0.1) is 11.4 Å². The third kappa shape index (κ3) is 4.37. The molecule has 0 atom stereocenters. The van der Waals surface area contributed by atoms with Crippen LogP contribution >= 0.6 is 0 Å². The van der Waals surface area contributed by atoms with Crippen molar-refractivity contribution in [3.63, 3.8) is 0 Å². The quantitative estimate of drug-likeness (QED) is 0.190. The van der Waals surface area contributed by atoms with Crippen LogP contribution in [0, 0.1) is 0 Å². The Labute approximate surface area is 282 Å². The van der Waals surface area contributed by atoms with Gasteiger partial charge >= 0.3 is 0 Å². The molecule has 8 aromatic carbocycles. The van der Waals surface area contributed by atoms with Crippen molar-refractivity contribution in [1.82, 2.24) is 0 Å². The van der Waals surface area contributed by atoms with Gasteiger partial charge < -0.3 is 13.7 Å². The van der Waals surface area contributed by atoms with E-state index < -0.39 is 0 Å². The Kier molecular flexibility index (Phi) is 6.18. The Morgan fingerprint density at radius 2 is 0.878 bits per heavy atom. The summed E-state index contributed by atoms with van der Waals surface area (Å²) in [4.78, 5) is 2.38. The van der Waals surface area contributed by atoms with Gasteiger partial charge in [0, 0.05) is 44.2 Å². The van der Waals surface area contributed by atoms with Crippen LogP contribution in [0.1, 0.15) is 0 Å². The molecular formula is C46H29NO2. The summed E-state index contributed by atoms with van der Waals surface area (Å²) in [6.07, 6.45) is 0. The van der Waals surface area contributed by atoms with E-state index in [1.54, 1.807) is 0 Å². The van der Waals surface area contributed by atoms with E-state index in [9.17, 15) is 0 Å². The van der Waals surface area contributed by atoms with Crippen molar-refractivity contribution < 1.29 is 8.83 Å². The second-order valence-corrected chi connectivity index (χ2v) is 12.5. The summed E-state index contributed by atoms with van der Waals surface area (Å²) in [5.74, 6) is 0. The van der Waals surface area contributed by atoms with Crippen LogP contribution in [0.4, 0.5) is 17.1 Å². The third-order valence-electron chi connectivity index (χ3n) is 9.66. The number of hydrogen-bond donors (Lipinski definition) is 0. The number of anilines is 3. The number of benzene rings is 8. The van der Waals surface area contributed by atoms with Crippen molar-refractivity contribution in [3.05, 3.63) is 176 Å². The average Bonchev–Trinajstić information content (AvgIpc) is 3.74. The lowest BCUT2D eigenvalue weighted by molar-refractivity contribution is 0.663. The minimum Gasteiger partial charge on any atom is -0.456 e. The average molecular weight is 628 g/mol. The van der Waals surface area contributed by atoms with Gasteiger partial charge in [0.2, 0.25) is 0 Å². The molecule has 0 aliphatic heterocycles. The number of fused-ring (bicyclic) bond motifs is 9. The molecule has 0 bridgehead atoms. The number of rotatable bonds is 5. The zero-order chi connectivity index (χ0) is 32.3. The highest BCUT2D eigenvalue weighted by atomic mass is 16.3. The molecule has 0 aliphatic carbocycles. The van der Waals surface area contributed by atoms with Crippen LogP contribution in [-0.2, 0) is 0 Å². The van der Waals surface area contributed by atoms with E-state index in [0.29, 0.717) is 0 Å². The first-order valence-electron chi connectivity index (χ1n) is 16.6. The fourth-order valence-electron chi connectivity index (χ4n) is 7.48. The van der Waals surface area contributed by atoms with Crippen LogP contribution in [0.2, 0.25) is 0 Å².